The number of rotatable bonds is 7. The smallest absolute Gasteiger partial charge is 0.180 e. The maximum atomic E-state index is 6.76. The number of furan rings is 1. The first kappa shape index (κ1) is 38.9. The van der Waals surface area contributed by atoms with E-state index < -0.39 is 0 Å². The van der Waals surface area contributed by atoms with E-state index in [1.807, 2.05) is 36.4 Å². The molecule has 0 aliphatic rings. The van der Waals surface area contributed by atoms with Crippen LogP contribution >= 0.6 is 0 Å². The van der Waals surface area contributed by atoms with Gasteiger partial charge in [-0.3, -0.25) is 0 Å². The molecule has 14 aromatic rings. The fourth-order valence-corrected chi connectivity index (χ4v) is 10.7. The van der Waals surface area contributed by atoms with E-state index in [0.717, 1.165) is 78.0 Å². The second-order valence-corrected chi connectivity index (χ2v) is 17.7. The minimum Gasteiger partial charge on any atom is -0.452 e. The lowest BCUT2D eigenvalue weighted by molar-refractivity contribution is 0.667. The van der Waals surface area contributed by atoms with Crippen molar-refractivity contribution in [2.24, 2.45) is 0 Å². The van der Waals surface area contributed by atoms with E-state index in [0.29, 0.717) is 11.4 Å². The van der Waals surface area contributed by atoms with Crippen LogP contribution in [0.3, 0.4) is 0 Å². The lowest BCUT2D eigenvalue weighted by Crippen LogP contribution is -2.03. The van der Waals surface area contributed by atoms with E-state index in [1.54, 1.807) is 0 Å². The summed E-state index contributed by atoms with van der Waals surface area (Å²) in [5.74, 6) is 0.645. The minimum atomic E-state index is 0.645. The number of benzene rings is 10. The maximum absolute atomic E-state index is 6.76. The van der Waals surface area contributed by atoms with Gasteiger partial charge < -0.3 is 13.6 Å². The fourth-order valence-electron chi connectivity index (χ4n) is 10.7. The summed E-state index contributed by atoms with van der Waals surface area (Å²) in [5, 5.41) is 5.78. The van der Waals surface area contributed by atoms with Gasteiger partial charge >= 0.3 is 0 Å². The molecule has 0 aliphatic heterocycles. The van der Waals surface area contributed by atoms with Gasteiger partial charge in [-0.05, 0) is 82.9 Å². The molecule has 0 radical (unpaired) electrons. The molecule has 69 heavy (non-hydrogen) atoms. The first-order valence-corrected chi connectivity index (χ1v) is 23.4. The zero-order valence-electron chi connectivity index (χ0n) is 37.3. The number of hydrogen-bond acceptors (Lipinski definition) is 3. The molecular weight excluding hydrogens is 841 g/mol. The molecule has 0 saturated heterocycles. The van der Waals surface area contributed by atoms with E-state index in [2.05, 4.69) is 215 Å². The SMILES string of the molecule is c1ccc(-c2nc(-c3cc(-c4ccccc4)c(-n4c5ccc(-n6c7ccccc7c7ccccc76)cc5c5c(-c6ccccc6)cccc54)c(-c4ccccc4)c3)c3oc4ccccc4c3n2)cc1. The van der Waals surface area contributed by atoms with Gasteiger partial charge in [0.05, 0.1) is 27.8 Å². The van der Waals surface area contributed by atoms with Gasteiger partial charge in [-0.1, -0.05) is 182 Å². The predicted octanol–water partition coefficient (Wildman–Crippen LogP) is 16.9. The summed E-state index contributed by atoms with van der Waals surface area (Å²) in [7, 11) is 0. The molecule has 14 rings (SSSR count). The quantitative estimate of drug-likeness (QED) is 0.160. The van der Waals surface area contributed by atoms with Gasteiger partial charge in [0.1, 0.15) is 16.8 Å². The van der Waals surface area contributed by atoms with Crippen molar-refractivity contribution >= 4 is 65.7 Å². The predicted molar refractivity (Wildman–Crippen MR) is 285 cm³/mol. The summed E-state index contributed by atoms with van der Waals surface area (Å²) < 4.78 is 11.7. The molecule has 0 saturated carbocycles. The Morgan fingerprint density at radius 1 is 0.333 bits per heavy atom. The largest absolute Gasteiger partial charge is 0.452 e. The molecular formula is C64H40N4O. The highest BCUT2D eigenvalue weighted by Crippen LogP contribution is 2.47. The Balaban J connectivity index is 1.12. The van der Waals surface area contributed by atoms with Crippen molar-refractivity contribution < 1.29 is 4.42 Å². The normalized spacial score (nSPS) is 11.8. The van der Waals surface area contributed by atoms with Crippen LogP contribution in [0.4, 0.5) is 0 Å². The summed E-state index contributed by atoms with van der Waals surface area (Å²) in [4.78, 5) is 10.6. The zero-order valence-corrected chi connectivity index (χ0v) is 37.3. The van der Waals surface area contributed by atoms with E-state index in [9.17, 15) is 0 Å². The molecule has 0 atom stereocenters. The number of para-hydroxylation sites is 3. The van der Waals surface area contributed by atoms with E-state index in [1.165, 1.54) is 43.7 Å². The maximum Gasteiger partial charge on any atom is 0.180 e. The van der Waals surface area contributed by atoms with Gasteiger partial charge in [0.2, 0.25) is 0 Å². The number of fused-ring (bicyclic) bond motifs is 9. The lowest BCUT2D eigenvalue weighted by atomic mass is 9.91. The van der Waals surface area contributed by atoms with Crippen LogP contribution in [0.25, 0.3) is 133 Å². The van der Waals surface area contributed by atoms with Gasteiger partial charge in [-0.15, -0.1) is 0 Å². The molecule has 0 N–H and O–H groups in total. The van der Waals surface area contributed by atoms with Crippen LogP contribution < -0.4 is 0 Å². The van der Waals surface area contributed by atoms with E-state index in [4.69, 9.17) is 14.4 Å². The Bertz CT molecular complexity index is 4170. The monoisotopic (exact) mass is 880 g/mol. The van der Waals surface area contributed by atoms with Gasteiger partial charge in [0.15, 0.2) is 11.4 Å². The van der Waals surface area contributed by atoms with Crippen molar-refractivity contribution in [1.29, 1.82) is 0 Å². The Hall–Kier alpha value is -9.32. The highest BCUT2D eigenvalue weighted by Gasteiger charge is 2.26. The molecule has 5 heteroatoms. The summed E-state index contributed by atoms with van der Waals surface area (Å²) >= 11 is 0. The Morgan fingerprint density at radius 2 is 0.841 bits per heavy atom. The van der Waals surface area contributed by atoms with Gasteiger partial charge in [0, 0.05) is 54.9 Å². The van der Waals surface area contributed by atoms with Gasteiger partial charge in [-0.2, -0.15) is 0 Å². The zero-order chi connectivity index (χ0) is 45.4. The molecule has 4 aromatic heterocycles. The van der Waals surface area contributed by atoms with Crippen LogP contribution in [0.2, 0.25) is 0 Å². The third-order valence-electron chi connectivity index (χ3n) is 13.7. The molecule has 10 aromatic carbocycles. The number of nitrogens with zero attached hydrogens (tertiary/aromatic N) is 4. The third-order valence-corrected chi connectivity index (χ3v) is 13.7. The summed E-state index contributed by atoms with van der Waals surface area (Å²) in [6, 6.07) is 86.6. The minimum absolute atomic E-state index is 0.645. The Kier molecular flexibility index (Phi) is 8.83. The van der Waals surface area contributed by atoms with Crippen molar-refractivity contribution in [2.75, 3.05) is 0 Å². The van der Waals surface area contributed by atoms with Crippen LogP contribution in [0.5, 0.6) is 0 Å². The van der Waals surface area contributed by atoms with Crippen LogP contribution in [0.1, 0.15) is 0 Å². The summed E-state index contributed by atoms with van der Waals surface area (Å²) in [6.45, 7) is 0. The fraction of sp³-hybridized carbons (Fsp3) is 0. The summed E-state index contributed by atoms with van der Waals surface area (Å²) in [5.41, 5.74) is 18.2. The molecule has 322 valence electrons. The highest BCUT2D eigenvalue weighted by atomic mass is 16.3. The molecule has 0 fully saturated rings. The lowest BCUT2D eigenvalue weighted by Gasteiger charge is -2.21. The van der Waals surface area contributed by atoms with Crippen LogP contribution in [0.15, 0.2) is 247 Å². The molecule has 0 unspecified atom stereocenters. The van der Waals surface area contributed by atoms with Crippen molar-refractivity contribution in [1.82, 2.24) is 19.1 Å². The topological polar surface area (TPSA) is 48.8 Å². The number of hydrogen-bond donors (Lipinski definition) is 0. The second-order valence-electron chi connectivity index (χ2n) is 17.7. The van der Waals surface area contributed by atoms with E-state index >= 15 is 0 Å². The highest BCUT2D eigenvalue weighted by molar-refractivity contribution is 6.18. The van der Waals surface area contributed by atoms with Crippen LogP contribution in [-0.2, 0) is 0 Å². The average Bonchev–Trinajstić information content (AvgIpc) is 4.09. The van der Waals surface area contributed by atoms with Crippen molar-refractivity contribution in [3.05, 3.63) is 243 Å². The molecule has 0 amide bonds. The van der Waals surface area contributed by atoms with Crippen molar-refractivity contribution in [2.45, 2.75) is 0 Å². The number of aromatic nitrogens is 4. The van der Waals surface area contributed by atoms with Crippen LogP contribution in [0, 0.1) is 0 Å². The van der Waals surface area contributed by atoms with Gasteiger partial charge in [0.25, 0.3) is 0 Å². The van der Waals surface area contributed by atoms with Crippen molar-refractivity contribution in [3.8, 4) is 67.4 Å². The third kappa shape index (κ3) is 6.18. The van der Waals surface area contributed by atoms with Gasteiger partial charge in [-0.25, -0.2) is 9.97 Å². The van der Waals surface area contributed by atoms with Crippen LogP contribution in [-0.4, -0.2) is 19.1 Å². The van der Waals surface area contributed by atoms with E-state index in [-0.39, 0.29) is 0 Å². The Morgan fingerprint density at radius 3 is 1.46 bits per heavy atom. The summed E-state index contributed by atoms with van der Waals surface area (Å²) in [6.07, 6.45) is 0. The molecule has 0 bridgehead atoms. The Labute approximate surface area is 397 Å². The molecule has 4 heterocycles. The average molecular weight is 881 g/mol. The molecule has 0 aliphatic carbocycles. The first-order valence-electron chi connectivity index (χ1n) is 23.4. The molecule has 0 spiro atoms. The van der Waals surface area contributed by atoms with Crippen molar-refractivity contribution in [3.63, 3.8) is 0 Å². The standard InChI is InChI=1S/C64H40N4O/c1-5-20-41(21-6-1)47-31-19-34-57-59(47)53-40-46(67-54-32-16-13-28-48(54)49-29-14-17-33-55(49)67)36-37-56(53)68(57)62-51(42-22-7-2-8-23-42)38-45(39-52(62)43-24-9-3-10-25-43)60-63-61(50-30-15-18-35-58(50)69-63)66-64(65-60)44-26-11-4-12-27-44/h1-40H. The first-order chi connectivity index (χ1) is 34.2. The molecule has 5 nitrogen and oxygen atoms in total. The second kappa shape index (κ2) is 15.7.